The Bertz CT molecular complexity index is 305. The van der Waals surface area contributed by atoms with E-state index in [0.29, 0.717) is 13.2 Å². The third-order valence-corrected chi connectivity index (χ3v) is 2.43. The molecule has 0 aliphatic carbocycles. The van der Waals surface area contributed by atoms with Crippen molar-refractivity contribution in [3.8, 4) is 5.75 Å². The van der Waals surface area contributed by atoms with E-state index >= 15 is 0 Å². The lowest BCUT2D eigenvalue weighted by Gasteiger charge is -2.11. The fraction of sp³-hybridized carbons (Fsp3) is 0.455. The molecule has 1 rings (SSSR count). The predicted molar refractivity (Wildman–Crippen MR) is 64.3 cm³/mol. The maximum atomic E-state index is 5.60. The summed E-state index contributed by atoms with van der Waals surface area (Å²) < 4.78 is 11.6. The lowest BCUT2D eigenvalue weighted by Crippen LogP contribution is -2.10. The number of methoxy groups -OCH3 is 1. The number of ether oxygens (including phenoxy) is 2. The molecule has 15 heavy (non-hydrogen) atoms. The maximum absolute atomic E-state index is 5.60. The highest BCUT2D eigenvalue weighted by molar-refractivity contribution is 9.10. The van der Waals surface area contributed by atoms with Crippen molar-refractivity contribution in [1.82, 2.24) is 5.32 Å². The molecule has 1 N–H and O–H groups in total. The fourth-order valence-corrected chi connectivity index (χ4v) is 1.66. The molecule has 0 amide bonds. The summed E-state index contributed by atoms with van der Waals surface area (Å²) in [5.74, 6) is 0.907. The van der Waals surface area contributed by atoms with Crippen LogP contribution in [0.25, 0.3) is 0 Å². The van der Waals surface area contributed by atoms with Crippen LogP contribution in [0.2, 0.25) is 0 Å². The van der Waals surface area contributed by atoms with E-state index < -0.39 is 0 Å². The Balaban J connectivity index is 2.67. The van der Waals surface area contributed by atoms with Gasteiger partial charge in [-0.1, -0.05) is 15.9 Å². The summed E-state index contributed by atoms with van der Waals surface area (Å²) in [6.07, 6.45) is 0. The lowest BCUT2D eigenvalue weighted by atomic mass is 10.2. The van der Waals surface area contributed by atoms with Gasteiger partial charge in [-0.3, -0.25) is 0 Å². The zero-order valence-corrected chi connectivity index (χ0v) is 10.6. The minimum atomic E-state index is 0.578. The molecule has 0 unspecified atom stereocenters. The van der Waals surface area contributed by atoms with Crippen LogP contribution in [-0.4, -0.2) is 27.4 Å². The Hall–Kier alpha value is -0.580. The third-order valence-electron chi connectivity index (χ3n) is 1.93. The van der Waals surface area contributed by atoms with E-state index in [9.17, 15) is 0 Å². The summed E-state index contributed by atoms with van der Waals surface area (Å²) in [7, 11) is 3.58. The van der Waals surface area contributed by atoms with E-state index in [1.807, 2.05) is 19.2 Å². The number of hydrogen-bond donors (Lipinski definition) is 1. The van der Waals surface area contributed by atoms with Crippen LogP contribution in [0, 0.1) is 0 Å². The largest absolute Gasteiger partial charge is 0.491 e. The number of rotatable bonds is 6. The predicted octanol–water partition coefficient (Wildman–Crippen LogP) is 2.19. The molecule has 0 radical (unpaired) electrons. The van der Waals surface area contributed by atoms with Crippen LogP contribution in [-0.2, 0) is 11.3 Å². The molecule has 3 nitrogen and oxygen atoms in total. The van der Waals surface area contributed by atoms with Crippen molar-refractivity contribution in [2.45, 2.75) is 6.54 Å². The topological polar surface area (TPSA) is 30.5 Å². The quantitative estimate of drug-likeness (QED) is 0.807. The molecule has 0 saturated carbocycles. The molecule has 1 aromatic carbocycles. The second-order valence-corrected chi connectivity index (χ2v) is 4.04. The Morgan fingerprint density at radius 3 is 2.80 bits per heavy atom. The molecule has 0 atom stereocenters. The van der Waals surface area contributed by atoms with Gasteiger partial charge in [0.2, 0.25) is 0 Å². The minimum absolute atomic E-state index is 0.578. The van der Waals surface area contributed by atoms with Gasteiger partial charge in [-0.15, -0.1) is 0 Å². The molecule has 0 fully saturated rings. The van der Waals surface area contributed by atoms with Gasteiger partial charge in [-0.2, -0.15) is 0 Å². The summed E-state index contributed by atoms with van der Waals surface area (Å²) in [4.78, 5) is 0. The van der Waals surface area contributed by atoms with Crippen LogP contribution in [0.1, 0.15) is 5.56 Å². The summed E-state index contributed by atoms with van der Waals surface area (Å²) in [6.45, 7) is 1.98. The molecule has 0 saturated heterocycles. The van der Waals surface area contributed by atoms with Crippen molar-refractivity contribution in [2.75, 3.05) is 27.4 Å². The first-order valence-corrected chi connectivity index (χ1v) is 5.62. The van der Waals surface area contributed by atoms with Crippen molar-refractivity contribution in [1.29, 1.82) is 0 Å². The van der Waals surface area contributed by atoms with Crippen molar-refractivity contribution >= 4 is 15.9 Å². The molecule has 0 aliphatic heterocycles. The Morgan fingerprint density at radius 1 is 1.33 bits per heavy atom. The van der Waals surface area contributed by atoms with Crippen molar-refractivity contribution < 1.29 is 9.47 Å². The van der Waals surface area contributed by atoms with E-state index in [4.69, 9.17) is 9.47 Å². The first kappa shape index (κ1) is 12.5. The van der Waals surface area contributed by atoms with Crippen LogP contribution in [0.5, 0.6) is 5.75 Å². The lowest BCUT2D eigenvalue weighted by molar-refractivity contribution is 0.145. The second kappa shape index (κ2) is 6.82. The zero-order chi connectivity index (χ0) is 11.1. The zero-order valence-electron chi connectivity index (χ0n) is 9.05. The van der Waals surface area contributed by atoms with E-state index in [1.165, 1.54) is 0 Å². The summed E-state index contributed by atoms with van der Waals surface area (Å²) in [5.41, 5.74) is 1.14. The highest BCUT2D eigenvalue weighted by Gasteiger charge is 2.03. The first-order valence-electron chi connectivity index (χ1n) is 4.82. The van der Waals surface area contributed by atoms with Crippen molar-refractivity contribution in [2.24, 2.45) is 0 Å². The van der Waals surface area contributed by atoms with Crippen LogP contribution in [0.3, 0.4) is 0 Å². The Labute approximate surface area is 98.9 Å². The number of benzene rings is 1. The Kier molecular flexibility index (Phi) is 5.68. The van der Waals surface area contributed by atoms with Crippen LogP contribution in [0.4, 0.5) is 0 Å². The van der Waals surface area contributed by atoms with Crippen molar-refractivity contribution in [3.05, 3.63) is 28.2 Å². The minimum Gasteiger partial charge on any atom is -0.491 e. The van der Waals surface area contributed by atoms with Crippen molar-refractivity contribution in [3.63, 3.8) is 0 Å². The number of nitrogens with one attached hydrogen (secondary N) is 1. The standard InChI is InChI=1S/C11H16BrNO2/c1-13-8-9-7-10(12)3-4-11(9)15-6-5-14-2/h3-4,7,13H,5-6,8H2,1-2H3. The van der Waals surface area contributed by atoms with E-state index in [1.54, 1.807) is 7.11 Å². The smallest absolute Gasteiger partial charge is 0.123 e. The van der Waals surface area contributed by atoms with E-state index in [-0.39, 0.29) is 0 Å². The molecule has 0 bridgehead atoms. The molecule has 84 valence electrons. The number of halogens is 1. The van der Waals surface area contributed by atoms with Gasteiger partial charge in [-0.25, -0.2) is 0 Å². The van der Waals surface area contributed by atoms with Gasteiger partial charge in [0, 0.05) is 23.7 Å². The highest BCUT2D eigenvalue weighted by atomic mass is 79.9. The summed E-state index contributed by atoms with van der Waals surface area (Å²) in [5, 5.41) is 3.11. The molecule has 4 heteroatoms. The molecule has 0 aliphatic rings. The molecule has 0 aromatic heterocycles. The number of hydrogen-bond acceptors (Lipinski definition) is 3. The van der Waals surface area contributed by atoms with Crippen LogP contribution >= 0.6 is 15.9 Å². The third kappa shape index (κ3) is 4.20. The van der Waals surface area contributed by atoms with Gasteiger partial charge in [-0.05, 0) is 25.2 Å². The molecule has 1 aromatic rings. The van der Waals surface area contributed by atoms with Gasteiger partial charge in [0.25, 0.3) is 0 Å². The molecule has 0 spiro atoms. The Morgan fingerprint density at radius 2 is 2.13 bits per heavy atom. The maximum Gasteiger partial charge on any atom is 0.123 e. The van der Waals surface area contributed by atoms with Crippen LogP contribution in [0.15, 0.2) is 22.7 Å². The monoisotopic (exact) mass is 273 g/mol. The summed E-state index contributed by atoms with van der Waals surface area (Å²) >= 11 is 3.44. The highest BCUT2D eigenvalue weighted by Crippen LogP contribution is 2.23. The van der Waals surface area contributed by atoms with Gasteiger partial charge in [0.1, 0.15) is 12.4 Å². The van der Waals surface area contributed by atoms with Gasteiger partial charge < -0.3 is 14.8 Å². The SMILES string of the molecule is CNCc1cc(Br)ccc1OCCOC. The van der Waals surface area contributed by atoms with E-state index in [2.05, 4.69) is 27.3 Å². The summed E-state index contributed by atoms with van der Waals surface area (Å²) in [6, 6.07) is 5.99. The van der Waals surface area contributed by atoms with E-state index in [0.717, 1.165) is 22.3 Å². The average molecular weight is 274 g/mol. The average Bonchev–Trinajstić information content (AvgIpc) is 2.22. The molecular formula is C11H16BrNO2. The van der Waals surface area contributed by atoms with Gasteiger partial charge in [0.05, 0.1) is 6.61 Å². The second-order valence-electron chi connectivity index (χ2n) is 3.12. The molecule has 0 heterocycles. The van der Waals surface area contributed by atoms with Gasteiger partial charge in [0.15, 0.2) is 0 Å². The first-order chi connectivity index (χ1) is 7.27. The normalized spacial score (nSPS) is 10.3. The van der Waals surface area contributed by atoms with Crippen LogP contribution < -0.4 is 10.1 Å². The fourth-order valence-electron chi connectivity index (χ4n) is 1.25. The molecular weight excluding hydrogens is 258 g/mol. The van der Waals surface area contributed by atoms with Gasteiger partial charge >= 0.3 is 0 Å².